The zero-order valence-corrected chi connectivity index (χ0v) is 18.3. The van der Waals surface area contributed by atoms with Crippen LogP contribution in [0.1, 0.15) is 17.3 Å². The van der Waals surface area contributed by atoms with Crippen molar-refractivity contribution in [3.05, 3.63) is 36.0 Å². The van der Waals surface area contributed by atoms with E-state index in [4.69, 9.17) is 15.2 Å². The van der Waals surface area contributed by atoms with Gasteiger partial charge in [-0.15, -0.1) is 0 Å². The smallest absolute Gasteiger partial charge is 0.327 e. The number of nitrogens with zero attached hydrogens (tertiary/aromatic N) is 6. The minimum absolute atomic E-state index is 0.0687. The molecule has 0 aliphatic carbocycles. The molecule has 31 heavy (non-hydrogen) atoms. The summed E-state index contributed by atoms with van der Waals surface area (Å²) < 4.78 is 11.5. The van der Waals surface area contributed by atoms with Gasteiger partial charge < -0.3 is 25.0 Å². The van der Waals surface area contributed by atoms with Crippen molar-refractivity contribution in [1.29, 1.82) is 0 Å². The molecule has 162 valence electrons. The Morgan fingerprint density at radius 2 is 2.03 bits per heavy atom. The lowest BCUT2D eigenvalue weighted by Crippen LogP contribution is -2.42. The molecule has 0 bridgehead atoms. The molecule has 1 fully saturated rings. The molecule has 2 N–H and O–H groups in total. The van der Waals surface area contributed by atoms with Crippen LogP contribution in [-0.2, 0) is 4.74 Å². The molecule has 0 radical (unpaired) electrons. The molecule has 1 aromatic carbocycles. The third kappa shape index (κ3) is 4.89. The van der Waals surface area contributed by atoms with Gasteiger partial charge in [-0.2, -0.15) is 15.0 Å². The molecule has 3 heterocycles. The van der Waals surface area contributed by atoms with E-state index in [1.54, 1.807) is 44.6 Å². The van der Waals surface area contributed by atoms with Crippen LogP contribution >= 0.6 is 11.3 Å². The van der Waals surface area contributed by atoms with Gasteiger partial charge in [0.2, 0.25) is 5.95 Å². The number of amides is 1. The zero-order valence-electron chi connectivity index (χ0n) is 17.5. The van der Waals surface area contributed by atoms with Crippen molar-refractivity contribution < 1.29 is 14.3 Å². The molecule has 4 rings (SSSR count). The van der Waals surface area contributed by atoms with Crippen molar-refractivity contribution in [2.24, 2.45) is 0 Å². The average molecular weight is 442 g/mol. The second-order valence-corrected chi connectivity index (χ2v) is 8.32. The number of thiazole rings is 1. The van der Waals surface area contributed by atoms with E-state index >= 15 is 0 Å². The molecule has 0 spiro atoms. The van der Waals surface area contributed by atoms with Gasteiger partial charge in [-0.05, 0) is 31.2 Å². The van der Waals surface area contributed by atoms with Gasteiger partial charge in [-0.1, -0.05) is 11.3 Å². The zero-order chi connectivity index (χ0) is 22.0. The average Bonchev–Trinajstić information content (AvgIpc) is 3.20. The monoisotopic (exact) mass is 441 g/mol. The van der Waals surface area contributed by atoms with Gasteiger partial charge in [0.1, 0.15) is 5.75 Å². The first-order chi connectivity index (χ1) is 14.9. The predicted molar refractivity (Wildman–Crippen MR) is 118 cm³/mol. The highest BCUT2D eigenvalue weighted by Crippen LogP contribution is 2.29. The summed E-state index contributed by atoms with van der Waals surface area (Å²) >= 11 is 1.29. The maximum Gasteiger partial charge on any atom is 0.327 e. The molecule has 10 nitrogen and oxygen atoms in total. The number of ether oxygens (including phenoxy) is 2. The van der Waals surface area contributed by atoms with E-state index in [1.165, 1.54) is 16.2 Å². The largest absolute Gasteiger partial charge is 0.424 e. The number of benzene rings is 1. The summed E-state index contributed by atoms with van der Waals surface area (Å²) in [6, 6.07) is 6.98. The van der Waals surface area contributed by atoms with Crippen LogP contribution in [0.15, 0.2) is 30.5 Å². The lowest BCUT2D eigenvalue weighted by Gasteiger charge is -2.31. The van der Waals surface area contributed by atoms with Gasteiger partial charge in [-0.3, -0.25) is 4.79 Å². The normalized spacial score (nSPS) is 16.2. The summed E-state index contributed by atoms with van der Waals surface area (Å²) in [7, 11) is 3.42. The number of hydrogen-bond acceptors (Lipinski definition) is 10. The number of aromatic nitrogens is 4. The van der Waals surface area contributed by atoms with E-state index < -0.39 is 0 Å². The molecule has 1 aliphatic rings. The Balaban J connectivity index is 1.64. The summed E-state index contributed by atoms with van der Waals surface area (Å²) in [6.07, 6.45) is 1.70. The van der Waals surface area contributed by atoms with Gasteiger partial charge in [0.25, 0.3) is 5.91 Å². The molecule has 1 aliphatic heterocycles. The molecule has 1 unspecified atom stereocenters. The molecular formula is C20H23N7O3S. The van der Waals surface area contributed by atoms with Crippen molar-refractivity contribution in [3.63, 3.8) is 0 Å². The van der Waals surface area contributed by atoms with Crippen molar-refractivity contribution >= 4 is 28.3 Å². The fourth-order valence-electron chi connectivity index (χ4n) is 3.06. The second-order valence-electron chi connectivity index (χ2n) is 7.26. The summed E-state index contributed by atoms with van der Waals surface area (Å²) in [5.74, 6) is 1.37. The van der Waals surface area contributed by atoms with Crippen LogP contribution < -0.4 is 15.4 Å². The Kier molecular flexibility index (Phi) is 5.96. The lowest BCUT2D eigenvalue weighted by atomic mass is 10.2. The van der Waals surface area contributed by atoms with Crippen LogP contribution in [0.4, 0.5) is 11.1 Å². The number of rotatable bonds is 5. The second kappa shape index (κ2) is 8.82. The van der Waals surface area contributed by atoms with Crippen molar-refractivity contribution in [2.75, 3.05) is 44.4 Å². The van der Waals surface area contributed by atoms with Crippen LogP contribution in [0.5, 0.6) is 11.8 Å². The van der Waals surface area contributed by atoms with Gasteiger partial charge in [0.05, 0.1) is 23.8 Å². The lowest BCUT2D eigenvalue weighted by molar-refractivity contribution is 0.0526. The van der Waals surface area contributed by atoms with Gasteiger partial charge in [0.15, 0.2) is 11.0 Å². The standard InChI is InChI=1S/C20H23N7O3S/c1-12-11-27(8-9-29-12)19-23-16(15-10-22-18(21)31-15)24-20(25-19)30-14-6-4-13(5-7-14)17(28)26(2)3/h4-7,10,12H,8-9,11H2,1-3H3,(H2,21,22). The summed E-state index contributed by atoms with van der Waals surface area (Å²) in [5.41, 5.74) is 6.35. The Morgan fingerprint density at radius 1 is 1.26 bits per heavy atom. The highest BCUT2D eigenvalue weighted by Gasteiger charge is 2.22. The van der Waals surface area contributed by atoms with Gasteiger partial charge in [0, 0.05) is 32.7 Å². The quantitative estimate of drug-likeness (QED) is 0.636. The number of carbonyl (C=O) groups is 1. The van der Waals surface area contributed by atoms with E-state index in [9.17, 15) is 4.79 Å². The Bertz CT molecular complexity index is 1070. The third-order valence-corrected chi connectivity index (χ3v) is 5.41. The molecule has 1 saturated heterocycles. The van der Waals surface area contributed by atoms with E-state index in [1.807, 2.05) is 11.8 Å². The van der Waals surface area contributed by atoms with Gasteiger partial charge in [-0.25, -0.2) is 4.98 Å². The molecule has 1 atom stereocenters. The first kappa shape index (κ1) is 20.9. The van der Waals surface area contributed by atoms with E-state index in [2.05, 4.69) is 19.9 Å². The minimum atomic E-state index is -0.0829. The third-order valence-electron chi connectivity index (χ3n) is 4.59. The molecular weight excluding hydrogens is 418 g/mol. The molecule has 2 aromatic heterocycles. The molecule has 0 saturated carbocycles. The number of nitrogens with two attached hydrogens (primary N) is 1. The Hall–Kier alpha value is -3.31. The highest BCUT2D eigenvalue weighted by atomic mass is 32.1. The van der Waals surface area contributed by atoms with E-state index in [0.29, 0.717) is 47.9 Å². The van der Waals surface area contributed by atoms with Crippen LogP contribution in [-0.4, -0.2) is 70.6 Å². The van der Waals surface area contributed by atoms with Crippen LogP contribution in [0.25, 0.3) is 10.7 Å². The topological polar surface area (TPSA) is 120 Å². The van der Waals surface area contributed by atoms with Gasteiger partial charge >= 0.3 is 6.01 Å². The predicted octanol–water partition coefficient (Wildman–Crippen LogP) is 2.30. The fourth-order valence-corrected chi connectivity index (χ4v) is 3.68. The van der Waals surface area contributed by atoms with Crippen LogP contribution in [0.3, 0.4) is 0 Å². The van der Waals surface area contributed by atoms with Crippen LogP contribution in [0.2, 0.25) is 0 Å². The SMILES string of the molecule is CC1CN(c2nc(Oc3ccc(C(=O)N(C)C)cc3)nc(-c3cnc(N)s3)n2)CCO1. The van der Waals surface area contributed by atoms with Crippen LogP contribution in [0, 0.1) is 0 Å². The number of carbonyl (C=O) groups excluding carboxylic acids is 1. The number of hydrogen-bond donors (Lipinski definition) is 1. The number of anilines is 2. The highest BCUT2D eigenvalue weighted by molar-refractivity contribution is 7.18. The summed E-state index contributed by atoms with van der Waals surface area (Å²) in [6.45, 7) is 3.92. The first-order valence-corrected chi connectivity index (χ1v) is 10.5. The summed E-state index contributed by atoms with van der Waals surface area (Å²) in [5, 5.41) is 0.431. The molecule has 11 heteroatoms. The first-order valence-electron chi connectivity index (χ1n) is 9.73. The Labute approximate surface area is 183 Å². The minimum Gasteiger partial charge on any atom is -0.424 e. The van der Waals surface area contributed by atoms with Crippen molar-refractivity contribution in [2.45, 2.75) is 13.0 Å². The molecule has 3 aromatic rings. The van der Waals surface area contributed by atoms with E-state index in [0.717, 1.165) is 4.88 Å². The number of morpholine rings is 1. The van der Waals surface area contributed by atoms with E-state index in [-0.39, 0.29) is 18.0 Å². The van der Waals surface area contributed by atoms with Crippen molar-refractivity contribution in [3.8, 4) is 22.5 Å². The molecule has 1 amide bonds. The summed E-state index contributed by atoms with van der Waals surface area (Å²) in [4.78, 5) is 34.0. The Morgan fingerprint density at radius 3 is 2.68 bits per heavy atom. The fraction of sp³-hybridized carbons (Fsp3) is 0.350. The van der Waals surface area contributed by atoms with Crippen molar-refractivity contribution in [1.82, 2.24) is 24.8 Å². The maximum absolute atomic E-state index is 12.1. The maximum atomic E-state index is 12.1. The number of nitrogen functional groups attached to an aromatic ring is 1.